The molecule has 0 fully saturated rings. The molecule has 0 saturated carbocycles. The molecule has 0 heterocycles. The monoisotopic (exact) mass is 252 g/mol. The number of benzene rings is 1. The van der Waals surface area contributed by atoms with Gasteiger partial charge >= 0.3 is 0 Å². The molecular weight excluding hydrogens is 232 g/mol. The third-order valence-electron chi connectivity index (χ3n) is 2.43. The lowest BCUT2D eigenvalue weighted by Gasteiger charge is -2.21. The number of rotatable bonds is 5. The fraction of sp³-hybridized carbons (Fsp3) is 0.462. The molecule has 0 saturated heterocycles. The third kappa shape index (κ3) is 4.61. The van der Waals surface area contributed by atoms with Crippen molar-refractivity contribution in [2.75, 3.05) is 20.7 Å². The average Bonchev–Trinajstić information content (AvgIpc) is 2.36. The Morgan fingerprint density at radius 2 is 2.24 bits per heavy atom. The van der Waals surface area contributed by atoms with Gasteiger partial charge in [0.25, 0.3) is 0 Å². The quantitative estimate of drug-likeness (QED) is 0.813. The fourth-order valence-corrected chi connectivity index (χ4v) is 1.65. The van der Waals surface area contributed by atoms with Crippen LogP contribution in [-0.4, -0.2) is 30.7 Å². The van der Waals surface area contributed by atoms with Crippen molar-refractivity contribution in [1.82, 2.24) is 10.2 Å². The predicted octanol–water partition coefficient (Wildman–Crippen LogP) is 2.41. The van der Waals surface area contributed by atoms with E-state index in [4.69, 9.17) is 17.0 Å². The molecule has 0 atom stereocenters. The number of nitrogens with one attached hydrogen (secondary N) is 1. The number of hydrogen-bond acceptors (Lipinski definition) is 2. The standard InChI is InChI=1S/C13H20N2OS/c1-4-8-14-13(17)15(2)10-11-6-5-7-12(9-11)16-3/h5-7,9H,4,8,10H2,1-3H3,(H,14,17). The second kappa shape index (κ2) is 7.12. The highest BCUT2D eigenvalue weighted by Crippen LogP contribution is 2.13. The van der Waals surface area contributed by atoms with E-state index in [1.807, 2.05) is 30.1 Å². The zero-order valence-electron chi connectivity index (χ0n) is 10.7. The van der Waals surface area contributed by atoms with E-state index < -0.39 is 0 Å². The van der Waals surface area contributed by atoms with E-state index in [2.05, 4.69) is 18.3 Å². The fourth-order valence-electron chi connectivity index (χ4n) is 1.48. The van der Waals surface area contributed by atoms with E-state index in [0.29, 0.717) is 0 Å². The van der Waals surface area contributed by atoms with Gasteiger partial charge in [-0.3, -0.25) is 0 Å². The first kappa shape index (κ1) is 13.8. The van der Waals surface area contributed by atoms with Gasteiger partial charge in [0.15, 0.2) is 5.11 Å². The van der Waals surface area contributed by atoms with Crippen molar-refractivity contribution in [3.05, 3.63) is 29.8 Å². The highest BCUT2D eigenvalue weighted by Gasteiger charge is 2.04. The van der Waals surface area contributed by atoms with Crippen molar-refractivity contribution >= 4 is 17.3 Å². The zero-order chi connectivity index (χ0) is 12.7. The first-order valence-corrected chi connectivity index (χ1v) is 6.20. The molecule has 0 amide bonds. The van der Waals surface area contributed by atoms with Gasteiger partial charge in [0.05, 0.1) is 7.11 Å². The number of thiocarbonyl (C=S) groups is 1. The molecule has 0 aliphatic carbocycles. The number of ether oxygens (including phenoxy) is 1. The molecule has 1 aromatic carbocycles. The van der Waals surface area contributed by atoms with Crippen LogP contribution in [0.3, 0.4) is 0 Å². The summed E-state index contributed by atoms with van der Waals surface area (Å²) in [7, 11) is 3.67. The maximum absolute atomic E-state index is 5.29. The zero-order valence-corrected chi connectivity index (χ0v) is 11.5. The summed E-state index contributed by atoms with van der Waals surface area (Å²) in [5.74, 6) is 0.878. The van der Waals surface area contributed by atoms with E-state index in [-0.39, 0.29) is 0 Å². The second-order valence-corrected chi connectivity index (χ2v) is 4.33. The molecule has 17 heavy (non-hydrogen) atoms. The minimum atomic E-state index is 0.784. The molecule has 1 rings (SSSR count). The Hall–Kier alpha value is -1.29. The van der Waals surface area contributed by atoms with Crippen LogP contribution in [0, 0.1) is 0 Å². The highest BCUT2D eigenvalue weighted by molar-refractivity contribution is 7.80. The molecule has 1 aromatic rings. The third-order valence-corrected chi connectivity index (χ3v) is 2.88. The first-order chi connectivity index (χ1) is 8.17. The van der Waals surface area contributed by atoms with Crippen LogP contribution in [0.2, 0.25) is 0 Å². The van der Waals surface area contributed by atoms with Gasteiger partial charge in [-0.2, -0.15) is 0 Å². The maximum Gasteiger partial charge on any atom is 0.168 e. The summed E-state index contributed by atoms with van der Waals surface area (Å²) < 4.78 is 5.19. The Balaban J connectivity index is 2.54. The van der Waals surface area contributed by atoms with Gasteiger partial charge in [-0.15, -0.1) is 0 Å². The Bertz CT molecular complexity index is 368. The summed E-state index contributed by atoms with van der Waals surface area (Å²) in [6.45, 7) is 3.83. The summed E-state index contributed by atoms with van der Waals surface area (Å²) in [5, 5.41) is 3.99. The SMILES string of the molecule is CCCNC(=S)N(C)Cc1cccc(OC)c1. The Kier molecular flexibility index (Phi) is 5.77. The lowest BCUT2D eigenvalue weighted by Crippen LogP contribution is -2.36. The van der Waals surface area contributed by atoms with Crippen LogP contribution in [0.5, 0.6) is 5.75 Å². The molecule has 0 spiro atoms. The maximum atomic E-state index is 5.29. The molecule has 3 nitrogen and oxygen atoms in total. The van der Waals surface area contributed by atoms with E-state index in [1.54, 1.807) is 7.11 Å². The minimum absolute atomic E-state index is 0.784. The second-order valence-electron chi connectivity index (χ2n) is 3.94. The highest BCUT2D eigenvalue weighted by atomic mass is 32.1. The van der Waals surface area contributed by atoms with E-state index in [0.717, 1.165) is 30.4 Å². The lowest BCUT2D eigenvalue weighted by atomic mass is 10.2. The largest absolute Gasteiger partial charge is 0.497 e. The van der Waals surface area contributed by atoms with Crippen molar-refractivity contribution in [3.63, 3.8) is 0 Å². The van der Waals surface area contributed by atoms with Gasteiger partial charge in [-0.1, -0.05) is 19.1 Å². The number of nitrogens with zero attached hydrogens (tertiary/aromatic N) is 1. The van der Waals surface area contributed by atoms with Crippen LogP contribution >= 0.6 is 12.2 Å². The van der Waals surface area contributed by atoms with Crippen LogP contribution in [0.4, 0.5) is 0 Å². The Morgan fingerprint density at radius 3 is 2.88 bits per heavy atom. The van der Waals surface area contributed by atoms with Gasteiger partial charge in [-0.25, -0.2) is 0 Å². The molecule has 94 valence electrons. The minimum Gasteiger partial charge on any atom is -0.497 e. The summed E-state index contributed by atoms with van der Waals surface area (Å²) in [4.78, 5) is 2.03. The molecular formula is C13H20N2OS. The summed E-state index contributed by atoms with van der Waals surface area (Å²) in [6.07, 6.45) is 1.08. The van der Waals surface area contributed by atoms with Gasteiger partial charge < -0.3 is 15.0 Å². The number of methoxy groups -OCH3 is 1. The van der Waals surface area contributed by atoms with E-state index >= 15 is 0 Å². The summed E-state index contributed by atoms with van der Waals surface area (Å²) in [5.41, 5.74) is 1.19. The van der Waals surface area contributed by atoms with Crippen LogP contribution in [0.15, 0.2) is 24.3 Å². The molecule has 4 heteroatoms. The van der Waals surface area contributed by atoms with Crippen LogP contribution in [0.1, 0.15) is 18.9 Å². The topological polar surface area (TPSA) is 24.5 Å². The number of hydrogen-bond donors (Lipinski definition) is 1. The normalized spacial score (nSPS) is 9.82. The van der Waals surface area contributed by atoms with Crippen LogP contribution in [-0.2, 0) is 6.54 Å². The summed E-state index contributed by atoms with van der Waals surface area (Å²) >= 11 is 5.29. The van der Waals surface area contributed by atoms with E-state index in [9.17, 15) is 0 Å². The van der Waals surface area contributed by atoms with Crippen molar-refractivity contribution in [2.24, 2.45) is 0 Å². The van der Waals surface area contributed by atoms with Crippen LogP contribution < -0.4 is 10.1 Å². The van der Waals surface area contributed by atoms with Crippen molar-refractivity contribution in [3.8, 4) is 5.75 Å². The Morgan fingerprint density at radius 1 is 1.47 bits per heavy atom. The average molecular weight is 252 g/mol. The summed E-state index contributed by atoms with van der Waals surface area (Å²) in [6, 6.07) is 8.03. The lowest BCUT2D eigenvalue weighted by molar-refractivity contribution is 0.412. The van der Waals surface area contributed by atoms with Crippen LogP contribution in [0.25, 0.3) is 0 Å². The van der Waals surface area contributed by atoms with Crippen molar-refractivity contribution in [1.29, 1.82) is 0 Å². The van der Waals surface area contributed by atoms with E-state index in [1.165, 1.54) is 5.56 Å². The molecule has 0 aromatic heterocycles. The van der Waals surface area contributed by atoms with Gasteiger partial charge in [0, 0.05) is 20.1 Å². The molecule has 0 aliphatic rings. The predicted molar refractivity (Wildman–Crippen MR) is 75.4 cm³/mol. The molecule has 0 unspecified atom stereocenters. The molecule has 1 N–H and O–H groups in total. The van der Waals surface area contributed by atoms with Gasteiger partial charge in [0.1, 0.15) is 5.75 Å². The van der Waals surface area contributed by atoms with Crippen molar-refractivity contribution < 1.29 is 4.74 Å². The van der Waals surface area contributed by atoms with Crippen molar-refractivity contribution in [2.45, 2.75) is 19.9 Å². The van der Waals surface area contributed by atoms with Gasteiger partial charge in [0.2, 0.25) is 0 Å². The smallest absolute Gasteiger partial charge is 0.168 e. The molecule has 0 radical (unpaired) electrons. The Labute approximate surface area is 109 Å². The molecule has 0 aliphatic heterocycles. The first-order valence-electron chi connectivity index (χ1n) is 5.79. The van der Waals surface area contributed by atoms with Gasteiger partial charge in [-0.05, 0) is 36.3 Å². The molecule has 0 bridgehead atoms.